The van der Waals surface area contributed by atoms with E-state index in [1.54, 1.807) is 35.7 Å². The Hall–Kier alpha value is -1.81. The molecule has 0 aromatic heterocycles. The Kier molecular flexibility index (Phi) is 4.21. The molecule has 1 unspecified atom stereocenters. The van der Waals surface area contributed by atoms with Gasteiger partial charge in [0.05, 0.1) is 5.69 Å². The summed E-state index contributed by atoms with van der Waals surface area (Å²) < 4.78 is 13.8. The molecular weight excluding hydrogens is 297 g/mol. The van der Waals surface area contributed by atoms with Gasteiger partial charge in [0.25, 0.3) is 5.91 Å². The number of carbonyl (C=O) groups is 1. The topological polar surface area (TPSA) is 20.3 Å². The SMILES string of the molecule is Cc1ccc(C(=O)N2CCC(C)Sc3ccccc32)cc1F. The second kappa shape index (κ2) is 6.13. The van der Waals surface area contributed by atoms with Gasteiger partial charge in [-0.3, -0.25) is 4.79 Å². The molecule has 1 aliphatic rings. The van der Waals surface area contributed by atoms with Crippen LogP contribution in [0.3, 0.4) is 0 Å². The maximum absolute atomic E-state index is 13.8. The molecule has 1 atom stereocenters. The Balaban J connectivity index is 1.99. The number of thioether (sulfide) groups is 1. The lowest BCUT2D eigenvalue weighted by molar-refractivity contribution is 0.0986. The van der Waals surface area contributed by atoms with Gasteiger partial charge in [-0.1, -0.05) is 25.1 Å². The number of carbonyl (C=O) groups excluding carboxylic acids is 1. The standard InChI is InChI=1S/C18H18FNOS/c1-12-7-8-14(11-15(12)19)18(21)20-10-9-13(2)22-17-6-4-3-5-16(17)20/h3-8,11,13H,9-10H2,1-2H3. The maximum atomic E-state index is 13.8. The first-order valence-corrected chi connectivity index (χ1v) is 8.28. The van der Waals surface area contributed by atoms with Gasteiger partial charge in [-0.25, -0.2) is 4.39 Å². The minimum absolute atomic E-state index is 0.138. The fraction of sp³-hybridized carbons (Fsp3) is 0.278. The molecule has 0 radical (unpaired) electrons. The van der Waals surface area contributed by atoms with Crippen LogP contribution in [0.15, 0.2) is 47.4 Å². The van der Waals surface area contributed by atoms with Crippen LogP contribution in [-0.4, -0.2) is 17.7 Å². The first-order chi connectivity index (χ1) is 10.6. The lowest BCUT2D eigenvalue weighted by Crippen LogP contribution is -2.32. The Morgan fingerprint density at radius 3 is 2.82 bits per heavy atom. The van der Waals surface area contributed by atoms with Crippen molar-refractivity contribution in [3.05, 3.63) is 59.4 Å². The summed E-state index contributed by atoms with van der Waals surface area (Å²) in [6.07, 6.45) is 0.916. The molecule has 2 nitrogen and oxygen atoms in total. The van der Waals surface area contributed by atoms with Crippen LogP contribution in [0, 0.1) is 12.7 Å². The zero-order valence-corrected chi connectivity index (χ0v) is 13.5. The van der Waals surface area contributed by atoms with Crippen LogP contribution in [0.1, 0.15) is 29.3 Å². The highest BCUT2D eigenvalue weighted by molar-refractivity contribution is 8.00. The maximum Gasteiger partial charge on any atom is 0.258 e. The van der Waals surface area contributed by atoms with E-state index in [0.29, 0.717) is 22.9 Å². The summed E-state index contributed by atoms with van der Waals surface area (Å²) in [5, 5.41) is 0.453. The molecule has 1 heterocycles. The number of amides is 1. The molecule has 0 fully saturated rings. The van der Waals surface area contributed by atoms with Crippen molar-refractivity contribution in [2.45, 2.75) is 30.4 Å². The predicted molar refractivity (Wildman–Crippen MR) is 89.2 cm³/mol. The number of hydrogen-bond acceptors (Lipinski definition) is 2. The number of rotatable bonds is 1. The predicted octanol–water partition coefficient (Wildman–Crippen LogP) is 4.67. The Labute approximate surface area is 134 Å². The molecule has 0 N–H and O–H groups in total. The Bertz CT molecular complexity index is 716. The van der Waals surface area contributed by atoms with Crippen molar-refractivity contribution in [1.29, 1.82) is 0 Å². The van der Waals surface area contributed by atoms with Crippen molar-refractivity contribution >= 4 is 23.4 Å². The van der Waals surface area contributed by atoms with Crippen molar-refractivity contribution in [3.63, 3.8) is 0 Å². The number of benzene rings is 2. The first kappa shape index (κ1) is 15.1. The summed E-state index contributed by atoms with van der Waals surface area (Å²) >= 11 is 1.79. The molecule has 4 heteroatoms. The average Bonchev–Trinajstić information content (AvgIpc) is 2.67. The van der Waals surface area contributed by atoms with Gasteiger partial charge in [-0.15, -0.1) is 11.8 Å². The lowest BCUT2D eigenvalue weighted by atomic mass is 10.1. The third-order valence-corrected chi connectivity index (χ3v) is 5.14. The monoisotopic (exact) mass is 315 g/mol. The number of fused-ring (bicyclic) bond motifs is 1. The van der Waals surface area contributed by atoms with Gasteiger partial charge in [0.15, 0.2) is 0 Å². The van der Waals surface area contributed by atoms with E-state index < -0.39 is 0 Å². The molecule has 22 heavy (non-hydrogen) atoms. The molecule has 0 saturated carbocycles. The van der Waals surface area contributed by atoms with Crippen molar-refractivity contribution in [2.24, 2.45) is 0 Å². The van der Waals surface area contributed by atoms with E-state index >= 15 is 0 Å². The fourth-order valence-corrected chi connectivity index (χ4v) is 3.69. The zero-order chi connectivity index (χ0) is 15.7. The smallest absolute Gasteiger partial charge is 0.258 e. The van der Waals surface area contributed by atoms with E-state index in [1.165, 1.54) is 6.07 Å². The van der Waals surface area contributed by atoms with Gasteiger partial charge in [0, 0.05) is 22.3 Å². The van der Waals surface area contributed by atoms with Crippen LogP contribution in [0.2, 0.25) is 0 Å². The fourth-order valence-electron chi connectivity index (χ4n) is 2.58. The van der Waals surface area contributed by atoms with Crippen molar-refractivity contribution in [3.8, 4) is 0 Å². The number of halogens is 1. The summed E-state index contributed by atoms with van der Waals surface area (Å²) in [5.74, 6) is -0.474. The normalized spacial score (nSPS) is 17.8. The summed E-state index contributed by atoms with van der Waals surface area (Å²) in [7, 11) is 0. The molecule has 2 aromatic rings. The quantitative estimate of drug-likeness (QED) is 0.762. The van der Waals surface area contributed by atoms with Gasteiger partial charge in [0.1, 0.15) is 5.82 Å². The molecule has 0 spiro atoms. The highest BCUT2D eigenvalue weighted by Gasteiger charge is 2.25. The number of nitrogens with zero attached hydrogens (tertiary/aromatic N) is 1. The number of hydrogen-bond donors (Lipinski definition) is 0. The van der Waals surface area contributed by atoms with Crippen LogP contribution < -0.4 is 4.90 Å². The minimum Gasteiger partial charge on any atom is -0.307 e. The zero-order valence-electron chi connectivity index (χ0n) is 12.7. The highest BCUT2D eigenvalue weighted by atomic mass is 32.2. The van der Waals surface area contributed by atoms with Gasteiger partial charge < -0.3 is 4.90 Å². The van der Waals surface area contributed by atoms with Crippen molar-refractivity contribution in [1.82, 2.24) is 0 Å². The Morgan fingerprint density at radius 2 is 2.05 bits per heavy atom. The molecule has 0 bridgehead atoms. The minimum atomic E-state index is -0.336. The van der Waals surface area contributed by atoms with E-state index in [0.717, 1.165) is 17.0 Å². The molecule has 114 valence electrons. The molecule has 3 rings (SSSR count). The van der Waals surface area contributed by atoms with Gasteiger partial charge in [-0.05, 0) is 43.2 Å². The molecule has 1 amide bonds. The van der Waals surface area contributed by atoms with Crippen LogP contribution in [0.25, 0.3) is 0 Å². The second-order valence-electron chi connectivity index (χ2n) is 5.61. The number of aryl methyl sites for hydroxylation is 1. The van der Waals surface area contributed by atoms with E-state index in [9.17, 15) is 9.18 Å². The van der Waals surface area contributed by atoms with Crippen molar-refractivity contribution in [2.75, 3.05) is 11.4 Å². The molecule has 1 aliphatic heterocycles. The second-order valence-corrected chi connectivity index (χ2v) is 7.09. The van der Waals surface area contributed by atoms with E-state index in [2.05, 4.69) is 6.92 Å². The Morgan fingerprint density at radius 1 is 1.27 bits per heavy atom. The molecule has 2 aromatic carbocycles. The number of para-hydroxylation sites is 1. The summed E-state index contributed by atoms with van der Waals surface area (Å²) in [5.41, 5.74) is 1.87. The number of anilines is 1. The van der Waals surface area contributed by atoms with Crippen LogP contribution >= 0.6 is 11.8 Å². The van der Waals surface area contributed by atoms with E-state index in [1.807, 2.05) is 24.3 Å². The van der Waals surface area contributed by atoms with Gasteiger partial charge in [0.2, 0.25) is 0 Å². The van der Waals surface area contributed by atoms with E-state index in [4.69, 9.17) is 0 Å². The molecule has 0 saturated heterocycles. The summed E-state index contributed by atoms with van der Waals surface area (Å²) in [6, 6.07) is 12.6. The van der Waals surface area contributed by atoms with Crippen LogP contribution in [0.5, 0.6) is 0 Å². The van der Waals surface area contributed by atoms with Crippen LogP contribution in [0.4, 0.5) is 10.1 Å². The third kappa shape index (κ3) is 2.88. The van der Waals surface area contributed by atoms with Gasteiger partial charge >= 0.3 is 0 Å². The van der Waals surface area contributed by atoms with Crippen LogP contribution in [-0.2, 0) is 0 Å². The largest absolute Gasteiger partial charge is 0.307 e. The average molecular weight is 315 g/mol. The summed E-state index contributed by atoms with van der Waals surface area (Å²) in [6.45, 7) is 4.52. The first-order valence-electron chi connectivity index (χ1n) is 7.40. The third-order valence-electron chi connectivity index (χ3n) is 3.91. The highest BCUT2D eigenvalue weighted by Crippen LogP contribution is 2.37. The van der Waals surface area contributed by atoms with Crippen molar-refractivity contribution < 1.29 is 9.18 Å². The summed E-state index contributed by atoms with van der Waals surface area (Å²) in [4.78, 5) is 15.7. The lowest BCUT2D eigenvalue weighted by Gasteiger charge is -2.22. The van der Waals surface area contributed by atoms with E-state index in [-0.39, 0.29) is 11.7 Å². The molecular formula is C18H18FNOS. The van der Waals surface area contributed by atoms with Gasteiger partial charge in [-0.2, -0.15) is 0 Å². The molecule has 0 aliphatic carbocycles.